The first-order chi connectivity index (χ1) is 8.67. The first-order valence-corrected chi connectivity index (χ1v) is 10.9. The van der Waals surface area contributed by atoms with Crippen molar-refractivity contribution in [2.24, 2.45) is 0 Å². The second kappa shape index (κ2) is 11.0. The van der Waals surface area contributed by atoms with Gasteiger partial charge in [-0.15, -0.1) is 0 Å². The first kappa shape index (κ1) is 18.2. The molecular weight excluding hydrogens is 236 g/mol. The van der Waals surface area contributed by atoms with Crippen LogP contribution in [0.4, 0.5) is 0 Å². The molecule has 0 bridgehead atoms. The van der Waals surface area contributed by atoms with Crippen LogP contribution in [0.25, 0.3) is 0 Å². The highest BCUT2D eigenvalue weighted by atomic mass is 28.4. The van der Waals surface area contributed by atoms with E-state index in [4.69, 9.17) is 4.43 Å². The van der Waals surface area contributed by atoms with E-state index in [0.29, 0.717) is 6.10 Å². The fraction of sp³-hybridized carbons (Fsp3) is 1.00. The zero-order valence-corrected chi connectivity index (χ0v) is 14.6. The SMILES string of the molecule is CCCC[Si](CC)(CCCC)OC(CC)CCC. The van der Waals surface area contributed by atoms with E-state index < -0.39 is 8.32 Å². The molecule has 0 saturated heterocycles. The van der Waals surface area contributed by atoms with Crippen molar-refractivity contribution in [2.75, 3.05) is 0 Å². The Labute approximate surface area is 117 Å². The molecule has 0 spiro atoms. The minimum absolute atomic E-state index is 0.537. The van der Waals surface area contributed by atoms with Gasteiger partial charge in [-0.2, -0.15) is 0 Å². The van der Waals surface area contributed by atoms with Crippen LogP contribution in [0, 0.1) is 0 Å². The highest BCUT2D eigenvalue weighted by molar-refractivity contribution is 6.73. The van der Waals surface area contributed by atoms with E-state index in [2.05, 4.69) is 34.6 Å². The van der Waals surface area contributed by atoms with Crippen molar-refractivity contribution < 1.29 is 4.43 Å². The summed E-state index contributed by atoms with van der Waals surface area (Å²) in [6, 6.07) is 4.09. The van der Waals surface area contributed by atoms with Crippen molar-refractivity contribution >= 4 is 8.32 Å². The van der Waals surface area contributed by atoms with Crippen molar-refractivity contribution in [3.8, 4) is 0 Å². The lowest BCUT2D eigenvalue weighted by Gasteiger charge is -2.35. The summed E-state index contributed by atoms with van der Waals surface area (Å²) in [6.07, 6.45) is 9.61. The number of rotatable bonds is 12. The Hall–Kier alpha value is 0.177. The molecule has 110 valence electrons. The van der Waals surface area contributed by atoms with Crippen molar-refractivity contribution in [1.82, 2.24) is 0 Å². The van der Waals surface area contributed by atoms with E-state index in [0.717, 1.165) is 0 Å². The zero-order valence-electron chi connectivity index (χ0n) is 13.6. The van der Waals surface area contributed by atoms with Gasteiger partial charge >= 0.3 is 0 Å². The Bertz CT molecular complexity index is 174. The lowest BCUT2D eigenvalue weighted by molar-refractivity contribution is 0.169. The fourth-order valence-electron chi connectivity index (χ4n) is 2.70. The fourth-order valence-corrected chi connectivity index (χ4v) is 7.05. The number of unbranched alkanes of at least 4 members (excludes halogenated alkanes) is 2. The van der Waals surface area contributed by atoms with Gasteiger partial charge in [0.15, 0.2) is 8.32 Å². The standard InChI is InChI=1S/C16H36OSi/c1-6-11-14-18(10-5,15-12-7-2)17-16(9-4)13-8-3/h16H,6-15H2,1-5H3. The Morgan fingerprint density at radius 3 is 1.72 bits per heavy atom. The normalized spacial score (nSPS) is 13.8. The largest absolute Gasteiger partial charge is 0.414 e. The summed E-state index contributed by atoms with van der Waals surface area (Å²) in [7, 11) is -1.43. The topological polar surface area (TPSA) is 9.23 Å². The van der Waals surface area contributed by atoms with Gasteiger partial charge in [0.05, 0.1) is 0 Å². The molecule has 18 heavy (non-hydrogen) atoms. The highest BCUT2D eigenvalue weighted by Gasteiger charge is 2.33. The molecule has 0 saturated carbocycles. The van der Waals surface area contributed by atoms with Crippen LogP contribution in [0.5, 0.6) is 0 Å². The molecule has 0 heterocycles. The van der Waals surface area contributed by atoms with Crippen LogP contribution in [0.2, 0.25) is 18.1 Å². The van der Waals surface area contributed by atoms with Crippen molar-refractivity contribution in [3.05, 3.63) is 0 Å². The van der Waals surface area contributed by atoms with Gasteiger partial charge in [0.2, 0.25) is 0 Å². The van der Waals surface area contributed by atoms with Gasteiger partial charge in [-0.05, 0) is 31.0 Å². The van der Waals surface area contributed by atoms with Gasteiger partial charge in [0.25, 0.3) is 0 Å². The first-order valence-electron chi connectivity index (χ1n) is 8.35. The molecule has 0 aromatic heterocycles. The third-order valence-electron chi connectivity index (χ3n) is 4.10. The smallest absolute Gasteiger partial charge is 0.192 e. The van der Waals surface area contributed by atoms with Gasteiger partial charge in [0, 0.05) is 6.10 Å². The van der Waals surface area contributed by atoms with Gasteiger partial charge in [0.1, 0.15) is 0 Å². The monoisotopic (exact) mass is 272 g/mol. The summed E-state index contributed by atoms with van der Waals surface area (Å²) in [5, 5.41) is 0. The molecule has 0 aliphatic rings. The predicted molar refractivity (Wildman–Crippen MR) is 85.7 cm³/mol. The van der Waals surface area contributed by atoms with Crippen LogP contribution in [0.3, 0.4) is 0 Å². The molecule has 0 aromatic carbocycles. The molecule has 0 aromatic rings. The van der Waals surface area contributed by atoms with E-state index in [1.165, 1.54) is 63.1 Å². The molecule has 0 aliphatic carbocycles. The molecule has 0 aliphatic heterocycles. The molecule has 1 atom stereocenters. The van der Waals surface area contributed by atoms with Crippen molar-refractivity contribution in [2.45, 2.75) is 104 Å². The molecule has 0 amide bonds. The average molecular weight is 273 g/mol. The summed E-state index contributed by atoms with van der Waals surface area (Å²) >= 11 is 0. The van der Waals surface area contributed by atoms with Crippen molar-refractivity contribution in [1.29, 1.82) is 0 Å². The highest BCUT2D eigenvalue weighted by Crippen LogP contribution is 2.30. The third kappa shape index (κ3) is 6.94. The summed E-state index contributed by atoms with van der Waals surface area (Å²) < 4.78 is 6.72. The van der Waals surface area contributed by atoms with Crippen LogP contribution >= 0.6 is 0 Å². The summed E-state index contributed by atoms with van der Waals surface area (Å²) in [4.78, 5) is 0. The zero-order chi connectivity index (χ0) is 13.9. The maximum absolute atomic E-state index is 6.72. The van der Waals surface area contributed by atoms with E-state index in [1.54, 1.807) is 0 Å². The lowest BCUT2D eigenvalue weighted by Crippen LogP contribution is -2.41. The molecule has 0 fully saturated rings. The third-order valence-corrected chi connectivity index (χ3v) is 8.75. The van der Waals surface area contributed by atoms with Crippen molar-refractivity contribution in [3.63, 3.8) is 0 Å². The van der Waals surface area contributed by atoms with E-state index >= 15 is 0 Å². The molecule has 1 unspecified atom stereocenters. The Morgan fingerprint density at radius 2 is 1.39 bits per heavy atom. The van der Waals surface area contributed by atoms with Crippen LogP contribution in [-0.4, -0.2) is 14.4 Å². The lowest BCUT2D eigenvalue weighted by atomic mass is 10.2. The molecule has 0 rings (SSSR count). The molecule has 2 heteroatoms. The van der Waals surface area contributed by atoms with Crippen LogP contribution in [-0.2, 0) is 4.43 Å². The molecule has 0 N–H and O–H groups in total. The Kier molecular flexibility index (Phi) is 11.1. The van der Waals surface area contributed by atoms with Crippen LogP contribution in [0.1, 0.15) is 79.6 Å². The maximum atomic E-state index is 6.72. The average Bonchev–Trinajstić information content (AvgIpc) is 2.41. The molecular formula is C16H36OSi. The maximum Gasteiger partial charge on any atom is 0.192 e. The van der Waals surface area contributed by atoms with E-state index in [1.807, 2.05) is 0 Å². The number of hydrogen-bond donors (Lipinski definition) is 0. The Balaban J connectivity index is 4.56. The van der Waals surface area contributed by atoms with Crippen LogP contribution < -0.4 is 0 Å². The predicted octanol–water partition coefficient (Wildman–Crippen LogP) is 6.15. The van der Waals surface area contributed by atoms with E-state index in [9.17, 15) is 0 Å². The molecule has 1 nitrogen and oxygen atoms in total. The van der Waals surface area contributed by atoms with E-state index in [-0.39, 0.29) is 0 Å². The van der Waals surface area contributed by atoms with Crippen LogP contribution in [0.15, 0.2) is 0 Å². The summed E-state index contributed by atoms with van der Waals surface area (Å²) in [5.41, 5.74) is 0. The minimum atomic E-state index is -1.43. The van der Waals surface area contributed by atoms with Gasteiger partial charge in [-0.3, -0.25) is 0 Å². The minimum Gasteiger partial charge on any atom is -0.414 e. The van der Waals surface area contributed by atoms with Gasteiger partial charge in [-0.25, -0.2) is 0 Å². The number of hydrogen-bond acceptors (Lipinski definition) is 1. The molecule has 0 radical (unpaired) electrons. The second-order valence-electron chi connectivity index (χ2n) is 5.68. The van der Waals surface area contributed by atoms with Gasteiger partial charge in [-0.1, -0.05) is 66.7 Å². The second-order valence-corrected chi connectivity index (χ2v) is 9.99. The Morgan fingerprint density at radius 1 is 0.833 bits per heavy atom. The summed E-state index contributed by atoms with van der Waals surface area (Å²) in [6.45, 7) is 11.5. The summed E-state index contributed by atoms with van der Waals surface area (Å²) in [5.74, 6) is 0. The quantitative estimate of drug-likeness (QED) is 0.387. The van der Waals surface area contributed by atoms with Gasteiger partial charge < -0.3 is 4.43 Å².